The number of carbonyl (C=O) groups excluding carboxylic acids is 1. The van der Waals surface area contributed by atoms with E-state index >= 15 is 0 Å². The molecule has 1 N–H and O–H groups in total. The Balaban J connectivity index is 2.03. The molecule has 2 aromatic carbocycles. The normalized spacial score (nSPS) is 11.8. The van der Waals surface area contributed by atoms with Crippen LogP contribution in [-0.2, 0) is 9.53 Å². The highest BCUT2D eigenvalue weighted by molar-refractivity contribution is 5.85. The summed E-state index contributed by atoms with van der Waals surface area (Å²) < 4.78 is 16.1. The van der Waals surface area contributed by atoms with Crippen molar-refractivity contribution in [2.75, 3.05) is 20.8 Å². The van der Waals surface area contributed by atoms with Crippen LogP contribution < -0.4 is 14.9 Å². The van der Waals surface area contributed by atoms with Gasteiger partial charge in [-0.3, -0.25) is 4.79 Å². The zero-order valence-electron chi connectivity index (χ0n) is 14.8. The van der Waals surface area contributed by atoms with Crippen molar-refractivity contribution in [3.63, 3.8) is 0 Å². The first kappa shape index (κ1) is 19.2. The van der Waals surface area contributed by atoms with E-state index in [-0.39, 0.29) is 5.91 Å². The Morgan fingerprint density at radius 1 is 1.19 bits per heavy atom. The summed E-state index contributed by atoms with van der Waals surface area (Å²) in [5.41, 5.74) is 4.00. The van der Waals surface area contributed by atoms with Gasteiger partial charge in [-0.1, -0.05) is 43.0 Å². The highest BCUT2D eigenvalue weighted by Gasteiger charge is 2.19. The fraction of sp³-hybridized carbons (Fsp3) is 0.200. The average Bonchev–Trinajstić information content (AvgIpc) is 2.68. The number of hydrazone groups is 1. The van der Waals surface area contributed by atoms with Gasteiger partial charge in [0, 0.05) is 7.11 Å². The summed E-state index contributed by atoms with van der Waals surface area (Å²) in [4.78, 5) is 12.3. The van der Waals surface area contributed by atoms with Crippen LogP contribution in [0.2, 0.25) is 0 Å². The predicted octanol–water partition coefficient (Wildman–Crippen LogP) is 3.10. The number of ether oxygens (including phenoxy) is 3. The summed E-state index contributed by atoms with van der Waals surface area (Å²) in [6, 6.07) is 14.6. The lowest BCUT2D eigenvalue weighted by atomic mass is 10.1. The molecule has 0 saturated heterocycles. The van der Waals surface area contributed by atoms with Gasteiger partial charge in [-0.25, -0.2) is 5.43 Å². The standard InChI is InChI=1S/C20H22N2O4/c1-4-12-26-17-11-10-15(13-18(17)24-2)14-21-22-20(23)19(25-3)16-8-6-5-7-9-16/h4-11,13-14,19H,1,12H2,2-3H3,(H,22,23)/t19-/m0/s1. The van der Waals surface area contributed by atoms with Gasteiger partial charge in [-0.15, -0.1) is 0 Å². The summed E-state index contributed by atoms with van der Waals surface area (Å²) in [5, 5.41) is 3.99. The maximum Gasteiger partial charge on any atom is 0.273 e. The Morgan fingerprint density at radius 2 is 1.96 bits per heavy atom. The van der Waals surface area contributed by atoms with Crippen molar-refractivity contribution in [1.29, 1.82) is 0 Å². The number of nitrogens with zero attached hydrogens (tertiary/aromatic N) is 1. The van der Waals surface area contributed by atoms with Crippen LogP contribution in [0.15, 0.2) is 66.3 Å². The first-order valence-electron chi connectivity index (χ1n) is 8.02. The molecule has 0 unspecified atom stereocenters. The van der Waals surface area contributed by atoms with Crippen LogP contribution in [0.3, 0.4) is 0 Å². The van der Waals surface area contributed by atoms with E-state index in [2.05, 4.69) is 17.1 Å². The van der Waals surface area contributed by atoms with Crippen LogP contribution in [-0.4, -0.2) is 32.9 Å². The van der Waals surface area contributed by atoms with Gasteiger partial charge in [0.25, 0.3) is 5.91 Å². The third-order valence-corrected chi connectivity index (χ3v) is 3.51. The van der Waals surface area contributed by atoms with Crippen molar-refractivity contribution in [1.82, 2.24) is 5.43 Å². The molecule has 0 radical (unpaired) electrons. The largest absolute Gasteiger partial charge is 0.493 e. The molecule has 6 nitrogen and oxygen atoms in total. The third kappa shape index (κ3) is 5.19. The summed E-state index contributed by atoms with van der Waals surface area (Å²) in [5.74, 6) is 0.825. The molecule has 2 rings (SSSR count). The second-order valence-electron chi connectivity index (χ2n) is 5.27. The highest BCUT2D eigenvalue weighted by Crippen LogP contribution is 2.27. The maximum absolute atomic E-state index is 12.3. The van der Waals surface area contributed by atoms with Crippen LogP contribution >= 0.6 is 0 Å². The van der Waals surface area contributed by atoms with Gasteiger partial charge < -0.3 is 14.2 Å². The van der Waals surface area contributed by atoms with Crippen LogP contribution in [0, 0.1) is 0 Å². The Labute approximate surface area is 153 Å². The van der Waals surface area contributed by atoms with E-state index in [1.54, 1.807) is 25.3 Å². The topological polar surface area (TPSA) is 69.2 Å². The minimum atomic E-state index is -0.724. The lowest BCUT2D eigenvalue weighted by molar-refractivity contribution is -0.131. The summed E-state index contributed by atoms with van der Waals surface area (Å²) in [6.07, 6.45) is 2.45. The minimum Gasteiger partial charge on any atom is -0.493 e. The number of carbonyl (C=O) groups is 1. The summed E-state index contributed by atoms with van der Waals surface area (Å²) >= 11 is 0. The van der Waals surface area contributed by atoms with Crippen molar-refractivity contribution in [2.45, 2.75) is 6.10 Å². The number of amides is 1. The molecule has 26 heavy (non-hydrogen) atoms. The van der Waals surface area contributed by atoms with E-state index in [1.807, 2.05) is 36.4 Å². The third-order valence-electron chi connectivity index (χ3n) is 3.51. The Hall–Kier alpha value is -3.12. The first-order valence-corrected chi connectivity index (χ1v) is 8.02. The van der Waals surface area contributed by atoms with E-state index in [9.17, 15) is 4.79 Å². The lowest BCUT2D eigenvalue weighted by Gasteiger charge is -2.13. The average molecular weight is 354 g/mol. The second-order valence-corrected chi connectivity index (χ2v) is 5.27. The van der Waals surface area contributed by atoms with Crippen molar-refractivity contribution in [2.24, 2.45) is 5.10 Å². The SMILES string of the molecule is C=CCOc1ccc(C=NNC(=O)[C@@H](OC)c2ccccc2)cc1OC. The number of rotatable bonds is 9. The van der Waals surface area contributed by atoms with Crippen LogP contribution in [0.1, 0.15) is 17.2 Å². The van der Waals surface area contributed by atoms with E-state index in [0.717, 1.165) is 11.1 Å². The van der Waals surface area contributed by atoms with Gasteiger partial charge in [0.2, 0.25) is 0 Å². The molecule has 1 amide bonds. The Morgan fingerprint density at radius 3 is 2.62 bits per heavy atom. The van der Waals surface area contributed by atoms with Crippen molar-refractivity contribution in [3.05, 3.63) is 72.3 Å². The van der Waals surface area contributed by atoms with Gasteiger partial charge in [0.05, 0.1) is 13.3 Å². The van der Waals surface area contributed by atoms with E-state index in [1.165, 1.54) is 13.3 Å². The van der Waals surface area contributed by atoms with Crippen molar-refractivity contribution < 1.29 is 19.0 Å². The molecule has 136 valence electrons. The number of benzene rings is 2. The molecule has 0 aromatic heterocycles. The molecule has 1 atom stereocenters. The summed E-state index contributed by atoms with van der Waals surface area (Å²) in [7, 11) is 3.04. The van der Waals surface area contributed by atoms with E-state index in [4.69, 9.17) is 14.2 Å². The molecule has 0 aliphatic carbocycles. The number of hydrogen-bond donors (Lipinski definition) is 1. The van der Waals surface area contributed by atoms with Gasteiger partial charge in [-0.2, -0.15) is 5.10 Å². The number of nitrogens with one attached hydrogen (secondary N) is 1. The molecule has 2 aromatic rings. The molecule has 0 saturated carbocycles. The van der Waals surface area contributed by atoms with Crippen LogP contribution in [0.4, 0.5) is 0 Å². The molecule has 0 fully saturated rings. The molecule has 0 bridgehead atoms. The predicted molar refractivity (Wildman–Crippen MR) is 101 cm³/mol. The number of hydrogen-bond acceptors (Lipinski definition) is 5. The first-order chi connectivity index (χ1) is 12.7. The zero-order chi connectivity index (χ0) is 18.8. The van der Waals surface area contributed by atoms with Gasteiger partial charge >= 0.3 is 0 Å². The molecule has 0 spiro atoms. The van der Waals surface area contributed by atoms with Crippen molar-refractivity contribution >= 4 is 12.1 Å². The summed E-state index contributed by atoms with van der Waals surface area (Å²) in [6.45, 7) is 4.00. The molecule has 6 heteroatoms. The smallest absolute Gasteiger partial charge is 0.273 e. The molecule has 0 heterocycles. The Bertz CT molecular complexity index is 760. The highest BCUT2D eigenvalue weighted by atomic mass is 16.5. The van der Waals surface area contributed by atoms with Crippen molar-refractivity contribution in [3.8, 4) is 11.5 Å². The quantitative estimate of drug-likeness (QED) is 0.427. The van der Waals surface area contributed by atoms with Crippen LogP contribution in [0.5, 0.6) is 11.5 Å². The minimum absolute atomic E-state index is 0.354. The zero-order valence-corrected chi connectivity index (χ0v) is 14.8. The molecular formula is C20H22N2O4. The molecule has 0 aliphatic heterocycles. The number of methoxy groups -OCH3 is 2. The molecule has 0 aliphatic rings. The van der Waals surface area contributed by atoms with Gasteiger partial charge in [0.15, 0.2) is 17.6 Å². The maximum atomic E-state index is 12.3. The fourth-order valence-corrected chi connectivity index (χ4v) is 2.28. The fourth-order valence-electron chi connectivity index (χ4n) is 2.28. The Kier molecular flexibility index (Phi) is 7.39. The van der Waals surface area contributed by atoms with E-state index < -0.39 is 6.10 Å². The van der Waals surface area contributed by atoms with Gasteiger partial charge in [0.1, 0.15) is 6.61 Å². The van der Waals surface area contributed by atoms with Crippen LogP contribution in [0.25, 0.3) is 0 Å². The lowest BCUT2D eigenvalue weighted by Crippen LogP contribution is -2.26. The monoisotopic (exact) mass is 354 g/mol. The second kappa shape index (κ2) is 10.0. The van der Waals surface area contributed by atoms with Gasteiger partial charge in [-0.05, 0) is 29.3 Å². The molecular weight excluding hydrogens is 332 g/mol. The van der Waals surface area contributed by atoms with E-state index in [0.29, 0.717) is 18.1 Å².